The third kappa shape index (κ3) is 7.71. The molecule has 3 rings (SSSR count). The van der Waals surface area contributed by atoms with Crippen LogP contribution in [0.3, 0.4) is 0 Å². The van der Waals surface area contributed by atoms with Crippen molar-refractivity contribution in [2.24, 2.45) is 0 Å². The van der Waals surface area contributed by atoms with Gasteiger partial charge in [0.1, 0.15) is 18.4 Å². The molecule has 7 nitrogen and oxygen atoms in total. The van der Waals surface area contributed by atoms with Gasteiger partial charge in [-0.2, -0.15) is 0 Å². The molecular weight excluding hydrogens is 564 g/mol. The fourth-order valence-corrected chi connectivity index (χ4v) is 5.68. The molecule has 0 aliphatic rings. The highest BCUT2D eigenvalue weighted by atomic mass is 35.5. The normalized spacial score (nSPS) is 12.2. The lowest BCUT2D eigenvalue weighted by molar-refractivity contribution is -0.139. The molecule has 1 atom stereocenters. The van der Waals surface area contributed by atoms with Crippen LogP contribution in [-0.4, -0.2) is 43.8 Å². The molecule has 0 radical (unpaired) electrons. The summed E-state index contributed by atoms with van der Waals surface area (Å²) in [6, 6.07) is 14.6. The smallest absolute Gasteiger partial charge is 0.264 e. The standard InChI is InChI=1S/C28H30Cl2FN3O4S/c1-18(2)32-28(36)20(4)33(16-21-7-8-22(29)15-26(21)30)27(35)17-34(24-11-5-19(3)6-12-24)39(37,38)25-13-9-23(31)10-14-25/h5-15,18,20H,16-17H2,1-4H3,(H,32,36)/t20-/m0/s1. The third-order valence-corrected chi connectivity index (χ3v) is 8.33. The van der Waals surface area contributed by atoms with Gasteiger partial charge in [-0.15, -0.1) is 0 Å². The number of hydrogen-bond acceptors (Lipinski definition) is 4. The van der Waals surface area contributed by atoms with E-state index in [9.17, 15) is 22.4 Å². The molecular formula is C28H30Cl2FN3O4S. The summed E-state index contributed by atoms with van der Waals surface area (Å²) in [4.78, 5) is 27.9. The van der Waals surface area contributed by atoms with Gasteiger partial charge in [-0.05, 0) is 81.8 Å². The van der Waals surface area contributed by atoms with Crippen molar-refractivity contribution < 1.29 is 22.4 Å². The summed E-state index contributed by atoms with van der Waals surface area (Å²) in [5.41, 5.74) is 1.66. The first kappa shape index (κ1) is 30.4. The van der Waals surface area contributed by atoms with Crippen LogP contribution < -0.4 is 9.62 Å². The van der Waals surface area contributed by atoms with Crippen molar-refractivity contribution in [3.05, 3.63) is 93.7 Å². The molecule has 1 N–H and O–H groups in total. The minimum atomic E-state index is -4.29. The van der Waals surface area contributed by atoms with Crippen LogP contribution in [0.1, 0.15) is 31.9 Å². The van der Waals surface area contributed by atoms with E-state index in [1.165, 1.54) is 11.0 Å². The molecule has 3 aromatic rings. The van der Waals surface area contributed by atoms with Gasteiger partial charge in [-0.1, -0.05) is 47.0 Å². The molecule has 208 valence electrons. The predicted octanol–water partition coefficient (Wildman–Crippen LogP) is 5.58. The number of rotatable bonds is 10. The second kappa shape index (κ2) is 12.8. The van der Waals surface area contributed by atoms with Crippen molar-refractivity contribution in [2.45, 2.75) is 51.2 Å². The van der Waals surface area contributed by atoms with Gasteiger partial charge in [-0.25, -0.2) is 12.8 Å². The number of amides is 2. The second-order valence-corrected chi connectivity index (χ2v) is 12.1. The van der Waals surface area contributed by atoms with Gasteiger partial charge in [0.15, 0.2) is 0 Å². The number of nitrogens with zero attached hydrogens (tertiary/aromatic N) is 2. The number of benzene rings is 3. The van der Waals surface area contributed by atoms with Gasteiger partial charge >= 0.3 is 0 Å². The lowest BCUT2D eigenvalue weighted by Gasteiger charge is -2.32. The molecule has 39 heavy (non-hydrogen) atoms. The Morgan fingerprint density at radius 1 is 0.949 bits per heavy atom. The summed E-state index contributed by atoms with van der Waals surface area (Å²) in [6.07, 6.45) is 0. The number of carbonyl (C=O) groups is 2. The number of hydrogen-bond donors (Lipinski definition) is 1. The van der Waals surface area contributed by atoms with E-state index in [0.717, 1.165) is 34.1 Å². The monoisotopic (exact) mass is 593 g/mol. The van der Waals surface area contributed by atoms with Gasteiger partial charge in [-0.3, -0.25) is 13.9 Å². The number of sulfonamides is 1. The zero-order valence-electron chi connectivity index (χ0n) is 22.0. The Kier molecular flexibility index (Phi) is 9.98. The Morgan fingerprint density at radius 2 is 1.56 bits per heavy atom. The van der Waals surface area contributed by atoms with Gasteiger partial charge in [0.05, 0.1) is 10.6 Å². The summed E-state index contributed by atoms with van der Waals surface area (Å²) in [5.74, 6) is -1.65. The van der Waals surface area contributed by atoms with E-state index >= 15 is 0 Å². The van der Waals surface area contributed by atoms with Crippen molar-refractivity contribution >= 4 is 50.7 Å². The van der Waals surface area contributed by atoms with E-state index < -0.39 is 40.2 Å². The largest absolute Gasteiger partial charge is 0.352 e. The highest BCUT2D eigenvalue weighted by Gasteiger charge is 2.33. The molecule has 0 bridgehead atoms. The molecule has 0 heterocycles. The lowest BCUT2D eigenvalue weighted by Crippen LogP contribution is -2.52. The summed E-state index contributed by atoms with van der Waals surface area (Å²) in [7, 11) is -4.29. The van der Waals surface area contributed by atoms with Crippen molar-refractivity contribution in [3.63, 3.8) is 0 Å². The first-order chi connectivity index (χ1) is 18.3. The fraction of sp³-hybridized carbons (Fsp3) is 0.286. The summed E-state index contributed by atoms with van der Waals surface area (Å²) in [5, 5.41) is 3.49. The minimum Gasteiger partial charge on any atom is -0.352 e. The molecule has 0 aliphatic carbocycles. The molecule has 0 saturated carbocycles. The number of aryl methyl sites for hydroxylation is 1. The van der Waals surface area contributed by atoms with Crippen molar-refractivity contribution in [1.82, 2.24) is 10.2 Å². The quantitative estimate of drug-likeness (QED) is 0.332. The summed E-state index contributed by atoms with van der Waals surface area (Å²) >= 11 is 12.4. The van der Waals surface area contributed by atoms with Crippen molar-refractivity contribution in [1.29, 1.82) is 0 Å². The van der Waals surface area contributed by atoms with Crippen LogP contribution in [0.25, 0.3) is 0 Å². The van der Waals surface area contributed by atoms with E-state index in [1.807, 2.05) is 6.92 Å². The Bertz CT molecular complexity index is 1430. The topological polar surface area (TPSA) is 86.8 Å². The Morgan fingerprint density at radius 3 is 2.13 bits per heavy atom. The number of anilines is 1. The van der Waals surface area contributed by atoms with Gasteiger partial charge in [0, 0.05) is 22.6 Å². The van der Waals surface area contributed by atoms with Crippen molar-refractivity contribution in [2.75, 3.05) is 10.8 Å². The zero-order chi connectivity index (χ0) is 28.9. The lowest BCUT2D eigenvalue weighted by atomic mass is 10.1. The number of halogens is 3. The average molecular weight is 595 g/mol. The maximum absolute atomic E-state index is 13.9. The fourth-order valence-electron chi connectivity index (χ4n) is 3.79. The highest BCUT2D eigenvalue weighted by Crippen LogP contribution is 2.27. The van der Waals surface area contributed by atoms with Crippen LogP contribution in [0.5, 0.6) is 0 Å². The first-order valence-electron chi connectivity index (χ1n) is 12.2. The van der Waals surface area contributed by atoms with E-state index in [4.69, 9.17) is 23.2 Å². The molecule has 2 amide bonds. The number of nitrogens with one attached hydrogen (secondary N) is 1. The van der Waals surface area contributed by atoms with Crippen LogP contribution in [0, 0.1) is 12.7 Å². The van der Waals surface area contributed by atoms with E-state index in [1.54, 1.807) is 57.2 Å². The molecule has 0 spiro atoms. The Balaban J connectivity index is 2.04. The number of carbonyl (C=O) groups excluding carboxylic acids is 2. The van der Waals surface area contributed by atoms with Crippen LogP contribution in [0.2, 0.25) is 10.0 Å². The summed E-state index contributed by atoms with van der Waals surface area (Å²) < 4.78 is 41.9. The van der Waals surface area contributed by atoms with Gasteiger partial charge in [0.25, 0.3) is 10.0 Å². The van der Waals surface area contributed by atoms with Crippen LogP contribution in [0.15, 0.2) is 71.6 Å². The van der Waals surface area contributed by atoms with E-state index in [0.29, 0.717) is 15.6 Å². The maximum Gasteiger partial charge on any atom is 0.264 e. The molecule has 0 fully saturated rings. The second-order valence-electron chi connectivity index (χ2n) is 9.40. The van der Waals surface area contributed by atoms with Crippen LogP contribution >= 0.6 is 23.2 Å². The molecule has 0 saturated heterocycles. The van der Waals surface area contributed by atoms with Crippen molar-refractivity contribution in [3.8, 4) is 0 Å². The van der Waals surface area contributed by atoms with E-state index in [2.05, 4.69) is 5.32 Å². The highest BCUT2D eigenvalue weighted by molar-refractivity contribution is 7.92. The van der Waals surface area contributed by atoms with Gasteiger partial charge < -0.3 is 10.2 Å². The average Bonchev–Trinajstić information content (AvgIpc) is 2.86. The summed E-state index contributed by atoms with van der Waals surface area (Å²) in [6.45, 7) is 6.31. The van der Waals surface area contributed by atoms with E-state index in [-0.39, 0.29) is 23.2 Å². The van der Waals surface area contributed by atoms with Gasteiger partial charge in [0.2, 0.25) is 11.8 Å². The molecule has 3 aromatic carbocycles. The third-order valence-electron chi connectivity index (χ3n) is 5.96. The molecule has 0 aromatic heterocycles. The maximum atomic E-state index is 13.9. The predicted molar refractivity (Wildman–Crippen MR) is 152 cm³/mol. The Labute approximate surface area is 238 Å². The minimum absolute atomic E-state index is 0.0696. The molecule has 0 unspecified atom stereocenters. The first-order valence-corrected chi connectivity index (χ1v) is 14.4. The van der Waals surface area contributed by atoms with Crippen LogP contribution in [-0.2, 0) is 26.2 Å². The molecule has 0 aliphatic heterocycles. The Hall–Kier alpha value is -3.14. The SMILES string of the molecule is Cc1ccc(N(CC(=O)N(Cc2ccc(Cl)cc2Cl)[C@@H](C)C(=O)NC(C)C)S(=O)(=O)c2ccc(F)cc2)cc1. The molecule has 11 heteroatoms. The zero-order valence-corrected chi connectivity index (χ0v) is 24.3. The van der Waals surface area contributed by atoms with Crippen LogP contribution in [0.4, 0.5) is 10.1 Å².